The summed E-state index contributed by atoms with van der Waals surface area (Å²) in [5, 5.41) is 18.5. The number of carbonyl (C=O) groups excluding carboxylic acids is 2. The normalized spacial score (nSPS) is 17.2. The van der Waals surface area contributed by atoms with Crippen molar-refractivity contribution < 1.29 is 14.7 Å². The Labute approximate surface area is 155 Å². The van der Waals surface area contributed by atoms with Gasteiger partial charge in [-0.2, -0.15) is 0 Å². The number of likely N-dealkylation sites (N-methyl/N-ethyl adjacent to an activating group) is 1. The van der Waals surface area contributed by atoms with Gasteiger partial charge in [0.25, 0.3) is 5.91 Å². The van der Waals surface area contributed by atoms with Gasteiger partial charge in [0.05, 0.1) is 11.6 Å². The number of rotatable bonds is 8. The maximum atomic E-state index is 12.9. The van der Waals surface area contributed by atoms with Gasteiger partial charge in [-0.3, -0.25) is 9.59 Å². The minimum Gasteiger partial charge on any atom is -0.508 e. The molecule has 0 spiro atoms. The van der Waals surface area contributed by atoms with Gasteiger partial charge in [0.15, 0.2) is 0 Å². The first-order chi connectivity index (χ1) is 12.6. The fourth-order valence-electron chi connectivity index (χ4n) is 3.59. The molecule has 0 bridgehead atoms. The number of amides is 2. The fourth-order valence-corrected chi connectivity index (χ4v) is 3.59. The van der Waals surface area contributed by atoms with Gasteiger partial charge in [-0.1, -0.05) is 31.4 Å². The van der Waals surface area contributed by atoms with Gasteiger partial charge in [0.1, 0.15) is 5.75 Å². The van der Waals surface area contributed by atoms with Crippen LogP contribution in [0.25, 0.3) is 0 Å². The molecule has 0 heterocycles. The molecule has 0 saturated heterocycles. The van der Waals surface area contributed by atoms with Crippen LogP contribution in [0.5, 0.6) is 5.75 Å². The lowest BCUT2D eigenvalue weighted by atomic mass is 9.89. The lowest BCUT2D eigenvalue weighted by molar-refractivity contribution is -0.118. The van der Waals surface area contributed by atoms with Gasteiger partial charge in [-0.15, -0.1) is 0 Å². The second kappa shape index (κ2) is 9.97. The summed E-state index contributed by atoms with van der Waals surface area (Å²) in [6, 6.07) is 6.32. The van der Waals surface area contributed by atoms with E-state index < -0.39 is 6.04 Å². The third-order valence-corrected chi connectivity index (χ3v) is 4.98. The number of carbonyl (C=O) groups is 2. The first-order valence-corrected chi connectivity index (χ1v) is 9.22. The average Bonchev–Trinajstić information content (AvgIpc) is 2.65. The van der Waals surface area contributed by atoms with E-state index in [2.05, 4.69) is 16.0 Å². The van der Waals surface area contributed by atoms with E-state index in [0.717, 1.165) is 18.4 Å². The molecule has 0 aliphatic heterocycles. The Morgan fingerprint density at radius 3 is 2.65 bits per heavy atom. The van der Waals surface area contributed by atoms with Crippen LogP contribution in [-0.2, 0) is 9.59 Å². The topological polar surface area (TPSA) is 90.5 Å². The summed E-state index contributed by atoms with van der Waals surface area (Å²) in [5.74, 6) is 0.443. The van der Waals surface area contributed by atoms with Crippen LogP contribution in [0.1, 0.15) is 50.6 Å². The van der Waals surface area contributed by atoms with Gasteiger partial charge in [-0.25, -0.2) is 0 Å². The second-order valence-corrected chi connectivity index (χ2v) is 6.83. The molecule has 1 unspecified atom stereocenters. The van der Waals surface area contributed by atoms with Crippen molar-refractivity contribution >= 4 is 12.3 Å². The Kier molecular flexibility index (Phi) is 7.66. The highest BCUT2D eigenvalue weighted by molar-refractivity contribution is 5.95. The molecule has 1 fully saturated rings. The molecule has 2 amide bonds. The number of phenolic OH excluding ortho intramolecular Hbond substituents is 1. The number of nitrogens with one attached hydrogen (secondary N) is 3. The highest BCUT2D eigenvalue weighted by atomic mass is 16.3. The lowest BCUT2D eigenvalue weighted by Crippen LogP contribution is -2.37. The Hall–Kier alpha value is -2.34. The molecule has 1 atom stereocenters. The molecule has 26 heavy (non-hydrogen) atoms. The minimum atomic E-state index is -0.444. The van der Waals surface area contributed by atoms with Gasteiger partial charge in [0.2, 0.25) is 6.41 Å². The first kappa shape index (κ1) is 20.0. The summed E-state index contributed by atoms with van der Waals surface area (Å²) in [6.07, 6.45) is 6.57. The molecular formula is C20H29N3O3. The van der Waals surface area contributed by atoms with Crippen molar-refractivity contribution in [2.75, 3.05) is 13.6 Å². The molecule has 6 nitrogen and oxygen atoms in total. The van der Waals surface area contributed by atoms with Crippen LogP contribution in [0.15, 0.2) is 35.5 Å². The zero-order valence-corrected chi connectivity index (χ0v) is 15.5. The van der Waals surface area contributed by atoms with Crippen LogP contribution >= 0.6 is 0 Å². The monoisotopic (exact) mass is 359 g/mol. The molecule has 0 radical (unpaired) electrons. The van der Waals surface area contributed by atoms with Crippen LogP contribution < -0.4 is 16.0 Å². The van der Waals surface area contributed by atoms with Gasteiger partial charge in [-0.05, 0) is 50.4 Å². The summed E-state index contributed by atoms with van der Waals surface area (Å²) in [7, 11) is 1.75. The highest BCUT2D eigenvalue weighted by Gasteiger charge is 2.25. The summed E-state index contributed by atoms with van der Waals surface area (Å²) in [6.45, 7) is 2.35. The predicted molar refractivity (Wildman–Crippen MR) is 101 cm³/mol. The Bertz CT molecular complexity index is 651. The predicted octanol–water partition coefficient (Wildman–Crippen LogP) is 2.37. The molecule has 1 aromatic rings. The Morgan fingerprint density at radius 1 is 1.31 bits per heavy atom. The smallest absolute Gasteiger partial charge is 0.250 e. The molecule has 0 aromatic heterocycles. The van der Waals surface area contributed by atoms with Crippen LogP contribution in [0.3, 0.4) is 0 Å². The highest BCUT2D eigenvalue weighted by Crippen LogP contribution is 2.27. The molecule has 1 aromatic carbocycles. The quantitative estimate of drug-likeness (QED) is 0.424. The van der Waals surface area contributed by atoms with E-state index in [1.54, 1.807) is 32.2 Å². The minimum absolute atomic E-state index is 0.130. The lowest BCUT2D eigenvalue weighted by Gasteiger charge is -2.25. The van der Waals surface area contributed by atoms with Crippen LogP contribution in [-0.4, -0.2) is 31.0 Å². The van der Waals surface area contributed by atoms with Crippen molar-refractivity contribution in [1.82, 2.24) is 16.0 Å². The molecule has 142 valence electrons. The van der Waals surface area contributed by atoms with Crippen LogP contribution in [0.2, 0.25) is 0 Å². The van der Waals surface area contributed by atoms with Crippen molar-refractivity contribution in [2.24, 2.45) is 5.92 Å². The van der Waals surface area contributed by atoms with E-state index in [4.69, 9.17) is 0 Å². The summed E-state index contributed by atoms with van der Waals surface area (Å²) >= 11 is 0. The first-order valence-electron chi connectivity index (χ1n) is 9.22. The summed E-state index contributed by atoms with van der Waals surface area (Å²) < 4.78 is 0. The molecule has 4 N–H and O–H groups in total. The average molecular weight is 359 g/mol. The Balaban J connectivity index is 2.22. The summed E-state index contributed by atoms with van der Waals surface area (Å²) in [5.41, 5.74) is 1.69. The molecule has 1 aliphatic rings. The van der Waals surface area contributed by atoms with Gasteiger partial charge < -0.3 is 21.1 Å². The SMILES string of the molecule is CNC(/C(C(=O)NCC1CCCCC1)=C(/C)NC=O)c1cccc(O)c1. The Morgan fingerprint density at radius 2 is 2.04 bits per heavy atom. The largest absolute Gasteiger partial charge is 0.508 e. The number of benzene rings is 1. The maximum absolute atomic E-state index is 12.9. The summed E-state index contributed by atoms with van der Waals surface area (Å²) in [4.78, 5) is 23.8. The molecular weight excluding hydrogens is 330 g/mol. The third kappa shape index (κ3) is 5.33. The number of aromatic hydroxyl groups is 1. The maximum Gasteiger partial charge on any atom is 0.250 e. The second-order valence-electron chi connectivity index (χ2n) is 6.83. The van der Waals surface area contributed by atoms with E-state index in [0.29, 0.717) is 30.1 Å². The zero-order chi connectivity index (χ0) is 18.9. The number of hydrogen-bond donors (Lipinski definition) is 4. The third-order valence-electron chi connectivity index (χ3n) is 4.98. The molecule has 2 rings (SSSR count). The van der Waals surface area contributed by atoms with Crippen molar-refractivity contribution in [3.8, 4) is 5.75 Å². The van der Waals surface area contributed by atoms with Gasteiger partial charge >= 0.3 is 0 Å². The molecule has 6 heteroatoms. The van der Waals surface area contributed by atoms with E-state index in [1.165, 1.54) is 19.3 Å². The van der Waals surface area contributed by atoms with Crippen molar-refractivity contribution in [2.45, 2.75) is 45.1 Å². The molecule has 1 aliphatic carbocycles. The van der Waals surface area contributed by atoms with Crippen LogP contribution in [0.4, 0.5) is 0 Å². The number of phenols is 1. The van der Waals surface area contributed by atoms with Crippen molar-refractivity contribution in [1.29, 1.82) is 0 Å². The van der Waals surface area contributed by atoms with Crippen LogP contribution in [0, 0.1) is 5.92 Å². The van der Waals surface area contributed by atoms with Crippen molar-refractivity contribution in [3.63, 3.8) is 0 Å². The fraction of sp³-hybridized carbons (Fsp3) is 0.500. The van der Waals surface area contributed by atoms with E-state index in [9.17, 15) is 14.7 Å². The van der Waals surface area contributed by atoms with Gasteiger partial charge in [0, 0.05) is 12.2 Å². The zero-order valence-electron chi connectivity index (χ0n) is 15.5. The van der Waals surface area contributed by atoms with Crippen molar-refractivity contribution in [3.05, 3.63) is 41.1 Å². The number of hydrogen-bond acceptors (Lipinski definition) is 4. The standard InChI is InChI=1S/C20H29N3O3/c1-14(23-13-24)18(19(21-2)16-9-6-10-17(25)11-16)20(26)22-12-15-7-4-3-5-8-15/h6,9-11,13,15,19,21,25H,3-5,7-8,12H2,1-2H3,(H,22,26)(H,23,24)/b18-14+. The number of allylic oxidation sites excluding steroid dienone is 1. The van der Waals surface area contributed by atoms with E-state index in [-0.39, 0.29) is 11.7 Å². The van der Waals surface area contributed by atoms with E-state index in [1.807, 2.05) is 6.07 Å². The molecule has 1 saturated carbocycles. The van der Waals surface area contributed by atoms with E-state index >= 15 is 0 Å².